The van der Waals surface area contributed by atoms with Crippen LogP contribution in [-0.4, -0.2) is 23.2 Å². The second kappa shape index (κ2) is 10.5. The van der Waals surface area contributed by atoms with Gasteiger partial charge in [-0.25, -0.2) is 0 Å². The van der Waals surface area contributed by atoms with Crippen molar-refractivity contribution in [1.82, 2.24) is 4.90 Å². The highest BCUT2D eigenvalue weighted by atomic mass is 35.5. The number of carbonyl (C=O) groups is 2. The number of thioether (sulfide) groups is 1. The van der Waals surface area contributed by atoms with Gasteiger partial charge in [-0.3, -0.25) is 14.5 Å². The van der Waals surface area contributed by atoms with Gasteiger partial charge in [-0.2, -0.15) is 0 Å². The molecule has 4 aromatic carbocycles. The summed E-state index contributed by atoms with van der Waals surface area (Å²) in [6.07, 6.45) is 1.69. The van der Waals surface area contributed by atoms with Gasteiger partial charge in [-0.15, -0.1) is 0 Å². The van der Waals surface area contributed by atoms with Crippen LogP contribution in [0.2, 0.25) is 5.02 Å². The Morgan fingerprint density at radius 3 is 2.56 bits per heavy atom. The molecule has 7 heteroatoms. The fourth-order valence-corrected chi connectivity index (χ4v) is 5.12. The summed E-state index contributed by atoms with van der Waals surface area (Å²) in [5, 5.41) is 2.55. The van der Waals surface area contributed by atoms with E-state index in [4.69, 9.17) is 21.1 Å². The Balaban J connectivity index is 1.32. The summed E-state index contributed by atoms with van der Waals surface area (Å²) in [5.74, 6) is 0.805. The number of methoxy groups -OCH3 is 1. The summed E-state index contributed by atoms with van der Waals surface area (Å²) in [7, 11) is 1.57. The van der Waals surface area contributed by atoms with Crippen LogP contribution < -0.4 is 9.47 Å². The van der Waals surface area contributed by atoms with Gasteiger partial charge in [0.15, 0.2) is 11.5 Å². The van der Waals surface area contributed by atoms with Crippen molar-refractivity contribution in [1.29, 1.82) is 0 Å². The fraction of sp³-hybridized carbons (Fsp3) is 0.103. The van der Waals surface area contributed by atoms with Gasteiger partial charge in [-0.1, -0.05) is 72.3 Å². The van der Waals surface area contributed by atoms with Gasteiger partial charge >= 0.3 is 0 Å². The third-order valence-electron chi connectivity index (χ3n) is 5.85. The molecule has 0 unspecified atom stereocenters. The summed E-state index contributed by atoms with van der Waals surface area (Å²) in [6, 6.07) is 26.9. The van der Waals surface area contributed by atoms with Crippen molar-refractivity contribution in [3.05, 3.63) is 112 Å². The van der Waals surface area contributed by atoms with Gasteiger partial charge in [0.05, 0.1) is 18.6 Å². The highest BCUT2D eigenvalue weighted by Gasteiger charge is 2.35. The lowest BCUT2D eigenvalue weighted by Gasteiger charge is -2.13. The van der Waals surface area contributed by atoms with Gasteiger partial charge in [0.2, 0.25) is 0 Å². The number of amides is 2. The van der Waals surface area contributed by atoms with Crippen molar-refractivity contribution >= 4 is 51.4 Å². The number of hydrogen-bond donors (Lipinski definition) is 0. The molecule has 0 aliphatic carbocycles. The molecular formula is C29H22ClNO4S. The zero-order valence-corrected chi connectivity index (χ0v) is 21.0. The summed E-state index contributed by atoms with van der Waals surface area (Å²) < 4.78 is 11.6. The molecule has 1 saturated heterocycles. The van der Waals surface area contributed by atoms with Crippen LogP contribution in [0.15, 0.2) is 89.8 Å². The van der Waals surface area contributed by atoms with Gasteiger partial charge in [0.1, 0.15) is 6.61 Å². The van der Waals surface area contributed by atoms with Crippen LogP contribution >= 0.6 is 23.4 Å². The molecule has 5 rings (SSSR count). The van der Waals surface area contributed by atoms with Crippen LogP contribution in [0.3, 0.4) is 0 Å². The second-order valence-electron chi connectivity index (χ2n) is 8.24. The predicted molar refractivity (Wildman–Crippen MR) is 144 cm³/mol. The van der Waals surface area contributed by atoms with Gasteiger partial charge < -0.3 is 9.47 Å². The number of carbonyl (C=O) groups excluding carboxylic acids is 2. The third-order valence-corrected chi connectivity index (χ3v) is 6.99. The molecule has 0 radical (unpaired) electrons. The van der Waals surface area contributed by atoms with Crippen LogP contribution in [0.25, 0.3) is 16.8 Å². The molecule has 1 fully saturated rings. The fourth-order valence-electron chi connectivity index (χ4n) is 4.07. The van der Waals surface area contributed by atoms with Crippen LogP contribution in [0, 0.1) is 0 Å². The molecule has 1 aliphatic rings. The Morgan fingerprint density at radius 1 is 0.917 bits per heavy atom. The molecule has 2 amide bonds. The summed E-state index contributed by atoms with van der Waals surface area (Å²) >= 11 is 6.96. The highest BCUT2D eigenvalue weighted by molar-refractivity contribution is 8.18. The summed E-state index contributed by atoms with van der Waals surface area (Å²) in [5.41, 5.74) is 2.60. The first-order valence-corrected chi connectivity index (χ1v) is 12.5. The van der Waals surface area contributed by atoms with E-state index in [9.17, 15) is 9.59 Å². The molecule has 0 saturated carbocycles. The molecule has 0 aromatic heterocycles. The Labute approximate surface area is 218 Å². The van der Waals surface area contributed by atoms with Crippen LogP contribution in [0.5, 0.6) is 11.5 Å². The van der Waals surface area contributed by atoms with E-state index in [0.29, 0.717) is 28.0 Å². The zero-order valence-electron chi connectivity index (χ0n) is 19.4. The van der Waals surface area contributed by atoms with E-state index in [1.165, 1.54) is 4.90 Å². The van der Waals surface area contributed by atoms with E-state index < -0.39 is 0 Å². The SMILES string of the molecule is COc1cc(/C=C2\SC(=O)N(Cc3cccc(Cl)c3)C2=O)ccc1OCc1cccc2ccccc12. The van der Waals surface area contributed by atoms with Crippen molar-refractivity contribution in [2.45, 2.75) is 13.2 Å². The maximum atomic E-state index is 12.9. The van der Waals surface area contributed by atoms with Crippen molar-refractivity contribution < 1.29 is 19.1 Å². The van der Waals surface area contributed by atoms with Gasteiger partial charge in [-0.05, 0) is 69.6 Å². The molecular weight excluding hydrogens is 494 g/mol. The molecule has 1 aliphatic heterocycles. The van der Waals surface area contributed by atoms with E-state index in [-0.39, 0.29) is 17.7 Å². The minimum atomic E-state index is -0.333. The second-order valence-corrected chi connectivity index (χ2v) is 9.66. The molecule has 0 atom stereocenters. The van der Waals surface area contributed by atoms with Gasteiger partial charge in [0, 0.05) is 5.02 Å². The zero-order chi connectivity index (χ0) is 25.1. The molecule has 1 heterocycles. The molecule has 5 nitrogen and oxygen atoms in total. The maximum absolute atomic E-state index is 12.9. The first-order valence-electron chi connectivity index (χ1n) is 11.3. The van der Waals surface area contributed by atoms with Crippen LogP contribution in [0.1, 0.15) is 16.7 Å². The largest absolute Gasteiger partial charge is 0.493 e. The van der Waals surface area contributed by atoms with E-state index >= 15 is 0 Å². The molecule has 0 spiro atoms. The van der Waals surface area contributed by atoms with Crippen LogP contribution in [0.4, 0.5) is 4.79 Å². The summed E-state index contributed by atoms with van der Waals surface area (Å²) in [4.78, 5) is 27.0. The lowest BCUT2D eigenvalue weighted by molar-refractivity contribution is -0.123. The monoisotopic (exact) mass is 515 g/mol. The average Bonchev–Trinajstić information content (AvgIpc) is 3.15. The quantitative estimate of drug-likeness (QED) is 0.241. The molecule has 36 heavy (non-hydrogen) atoms. The Morgan fingerprint density at radius 2 is 1.72 bits per heavy atom. The first kappa shape index (κ1) is 24.0. The lowest BCUT2D eigenvalue weighted by atomic mass is 10.1. The molecule has 180 valence electrons. The van der Waals surface area contributed by atoms with E-state index in [1.807, 2.05) is 42.5 Å². The average molecular weight is 516 g/mol. The highest BCUT2D eigenvalue weighted by Crippen LogP contribution is 2.36. The number of fused-ring (bicyclic) bond motifs is 1. The number of nitrogens with zero attached hydrogens (tertiary/aromatic N) is 1. The topological polar surface area (TPSA) is 55.8 Å². The Kier molecular flexibility index (Phi) is 6.98. The Hall–Kier alpha value is -3.74. The number of imide groups is 1. The van der Waals surface area contributed by atoms with Crippen molar-refractivity contribution in [3.63, 3.8) is 0 Å². The van der Waals surface area contributed by atoms with Crippen LogP contribution in [-0.2, 0) is 17.9 Å². The van der Waals surface area contributed by atoms with Crippen molar-refractivity contribution in [2.75, 3.05) is 7.11 Å². The van der Waals surface area contributed by atoms with E-state index in [0.717, 1.165) is 39.2 Å². The standard InChI is InChI=1S/C29H22ClNO4S/c1-34-26-15-19(12-13-25(26)35-18-22-9-5-8-21-7-2-3-11-24(21)22)16-27-28(32)31(29(33)36-27)17-20-6-4-10-23(30)14-20/h2-16H,17-18H2,1H3/b27-16-. The minimum absolute atomic E-state index is 0.173. The number of ether oxygens (including phenoxy) is 2. The van der Waals surface area contributed by atoms with Gasteiger partial charge in [0.25, 0.3) is 11.1 Å². The molecule has 4 aromatic rings. The number of hydrogen-bond acceptors (Lipinski definition) is 5. The predicted octanol–water partition coefficient (Wildman–Crippen LogP) is 7.32. The molecule has 0 N–H and O–H groups in total. The molecule has 0 bridgehead atoms. The Bertz CT molecular complexity index is 1490. The minimum Gasteiger partial charge on any atom is -0.493 e. The maximum Gasteiger partial charge on any atom is 0.293 e. The number of halogens is 1. The van der Waals surface area contributed by atoms with E-state index in [1.54, 1.807) is 37.5 Å². The third kappa shape index (κ3) is 5.10. The number of rotatable bonds is 7. The van der Waals surface area contributed by atoms with Crippen molar-refractivity contribution in [2.24, 2.45) is 0 Å². The van der Waals surface area contributed by atoms with Crippen molar-refractivity contribution in [3.8, 4) is 11.5 Å². The van der Waals surface area contributed by atoms with E-state index in [2.05, 4.69) is 18.2 Å². The normalized spacial score (nSPS) is 14.6. The first-order chi connectivity index (χ1) is 17.5. The smallest absolute Gasteiger partial charge is 0.293 e. The lowest BCUT2D eigenvalue weighted by Crippen LogP contribution is -2.27. The summed E-state index contributed by atoms with van der Waals surface area (Å²) in [6.45, 7) is 0.562. The number of benzene rings is 4.